The standard InChI is InChI=1S/C15H25NOS/c1-5-11-16-14(15(2,3)4)12-18(17)13-9-7-6-8-10-13/h6-10,14,16H,5,11-12H2,1-4H3. The first-order chi connectivity index (χ1) is 8.45. The highest BCUT2D eigenvalue weighted by Crippen LogP contribution is 2.21. The van der Waals surface area contributed by atoms with E-state index in [-0.39, 0.29) is 11.5 Å². The van der Waals surface area contributed by atoms with E-state index in [1.807, 2.05) is 30.3 Å². The van der Waals surface area contributed by atoms with Crippen LogP contribution in [0.3, 0.4) is 0 Å². The molecule has 0 aliphatic carbocycles. The molecule has 3 heteroatoms. The third-order valence-electron chi connectivity index (χ3n) is 3.01. The number of hydrogen-bond donors (Lipinski definition) is 1. The van der Waals surface area contributed by atoms with Gasteiger partial charge in [-0.05, 0) is 30.5 Å². The SMILES string of the molecule is CCCNC(CS(=O)c1ccccc1)C(C)(C)C. The van der Waals surface area contributed by atoms with Crippen molar-refractivity contribution in [1.29, 1.82) is 0 Å². The fourth-order valence-corrected chi connectivity index (χ4v) is 3.33. The first kappa shape index (κ1) is 15.4. The van der Waals surface area contributed by atoms with Gasteiger partial charge in [0.05, 0.1) is 10.8 Å². The van der Waals surface area contributed by atoms with Crippen molar-refractivity contribution in [3.05, 3.63) is 30.3 Å². The van der Waals surface area contributed by atoms with E-state index in [0.29, 0.717) is 5.75 Å². The van der Waals surface area contributed by atoms with Gasteiger partial charge in [0.2, 0.25) is 0 Å². The molecule has 0 fully saturated rings. The molecule has 2 atom stereocenters. The zero-order valence-electron chi connectivity index (χ0n) is 11.9. The van der Waals surface area contributed by atoms with Crippen molar-refractivity contribution in [2.24, 2.45) is 5.41 Å². The predicted octanol–water partition coefficient (Wildman–Crippen LogP) is 3.21. The van der Waals surface area contributed by atoms with Crippen LogP contribution in [0.5, 0.6) is 0 Å². The normalized spacial score (nSPS) is 15.3. The summed E-state index contributed by atoms with van der Waals surface area (Å²) in [4.78, 5) is 0.921. The van der Waals surface area contributed by atoms with Gasteiger partial charge in [0.15, 0.2) is 0 Å². The van der Waals surface area contributed by atoms with Crippen LogP contribution >= 0.6 is 0 Å². The number of nitrogens with one attached hydrogen (secondary N) is 1. The molecule has 0 aliphatic heterocycles. The molecule has 1 aromatic carbocycles. The molecule has 0 radical (unpaired) electrons. The number of hydrogen-bond acceptors (Lipinski definition) is 2. The van der Waals surface area contributed by atoms with Crippen LogP contribution in [0.15, 0.2) is 35.2 Å². The van der Waals surface area contributed by atoms with Crippen LogP contribution in [0.1, 0.15) is 34.1 Å². The summed E-state index contributed by atoms with van der Waals surface area (Å²) in [5, 5.41) is 3.52. The third-order valence-corrected chi connectivity index (χ3v) is 4.44. The molecule has 1 rings (SSSR count). The molecule has 0 saturated heterocycles. The van der Waals surface area contributed by atoms with Gasteiger partial charge in [0.1, 0.15) is 0 Å². The van der Waals surface area contributed by atoms with Gasteiger partial charge < -0.3 is 5.32 Å². The number of benzene rings is 1. The first-order valence-electron chi connectivity index (χ1n) is 6.62. The van der Waals surface area contributed by atoms with Gasteiger partial charge in [-0.15, -0.1) is 0 Å². The molecule has 0 saturated carbocycles. The second kappa shape index (κ2) is 7.05. The second-order valence-electron chi connectivity index (χ2n) is 5.70. The monoisotopic (exact) mass is 267 g/mol. The van der Waals surface area contributed by atoms with E-state index in [2.05, 4.69) is 33.0 Å². The maximum absolute atomic E-state index is 12.3. The Labute approximate surface area is 114 Å². The lowest BCUT2D eigenvalue weighted by Gasteiger charge is -2.31. The fraction of sp³-hybridized carbons (Fsp3) is 0.600. The van der Waals surface area contributed by atoms with Crippen molar-refractivity contribution >= 4 is 10.8 Å². The van der Waals surface area contributed by atoms with Crippen molar-refractivity contribution in [3.8, 4) is 0 Å². The zero-order valence-corrected chi connectivity index (χ0v) is 12.7. The average Bonchev–Trinajstić information content (AvgIpc) is 2.34. The van der Waals surface area contributed by atoms with Crippen LogP contribution in [0, 0.1) is 5.41 Å². The third kappa shape index (κ3) is 4.91. The lowest BCUT2D eigenvalue weighted by atomic mass is 9.88. The minimum absolute atomic E-state index is 0.125. The van der Waals surface area contributed by atoms with Crippen molar-refractivity contribution in [2.75, 3.05) is 12.3 Å². The van der Waals surface area contributed by atoms with Crippen LogP contribution < -0.4 is 5.32 Å². The Morgan fingerprint density at radius 2 is 1.83 bits per heavy atom. The molecule has 0 spiro atoms. The summed E-state index contributed by atoms with van der Waals surface area (Å²) < 4.78 is 12.3. The molecule has 0 bridgehead atoms. The summed E-state index contributed by atoms with van der Waals surface area (Å²) in [6.45, 7) is 9.72. The molecule has 2 nitrogen and oxygen atoms in total. The quantitative estimate of drug-likeness (QED) is 0.857. The van der Waals surface area contributed by atoms with Crippen molar-refractivity contribution < 1.29 is 4.21 Å². The van der Waals surface area contributed by atoms with Gasteiger partial charge in [-0.1, -0.05) is 45.9 Å². The molecule has 2 unspecified atom stereocenters. The Kier molecular flexibility index (Phi) is 6.03. The highest BCUT2D eigenvalue weighted by molar-refractivity contribution is 7.85. The summed E-state index contributed by atoms with van der Waals surface area (Å²) in [5.41, 5.74) is 0.125. The highest BCUT2D eigenvalue weighted by Gasteiger charge is 2.26. The lowest BCUT2D eigenvalue weighted by molar-refractivity contribution is 0.290. The molecule has 0 aromatic heterocycles. The van der Waals surface area contributed by atoms with Crippen molar-refractivity contribution in [3.63, 3.8) is 0 Å². The second-order valence-corrected chi connectivity index (χ2v) is 7.19. The van der Waals surface area contributed by atoms with Crippen LogP contribution in [0.2, 0.25) is 0 Å². The van der Waals surface area contributed by atoms with Crippen molar-refractivity contribution in [2.45, 2.75) is 45.1 Å². The Hall–Kier alpha value is -0.670. The van der Waals surface area contributed by atoms with Gasteiger partial charge in [-0.3, -0.25) is 4.21 Å². The Morgan fingerprint density at radius 3 is 2.33 bits per heavy atom. The van der Waals surface area contributed by atoms with Crippen LogP contribution in [-0.4, -0.2) is 22.5 Å². The van der Waals surface area contributed by atoms with Gasteiger partial charge in [-0.2, -0.15) is 0 Å². The van der Waals surface area contributed by atoms with E-state index in [0.717, 1.165) is 17.9 Å². The largest absolute Gasteiger partial charge is 0.313 e. The zero-order chi connectivity index (χ0) is 13.6. The Balaban J connectivity index is 2.69. The smallest absolute Gasteiger partial charge is 0.0545 e. The van der Waals surface area contributed by atoms with Crippen LogP contribution in [0.4, 0.5) is 0 Å². The summed E-state index contributed by atoms with van der Waals surface area (Å²) in [6, 6.07) is 10.00. The van der Waals surface area contributed by atoms with E-state index in [1.54, 1.807) is 0 Å². The van der Waals surface area contributed by atoms with Gasteiger partial charge >= 0.3 is 0 Å². The van der Waals surface area contributed by atoms with E-state index in [1.165, 1.54) is 0 Å². The molecule has 18 heavy (non-hydrogen) atoms. The van der Waals surface area contributed by atoms with E-state index in [4.69, 9.17) is 0 Å². The molecule has 0 heterocycles. The highest BCUT2D eigenvalue weighted by atomic mass is 32.2. The summed E-state index contributed by atoms with van der Waals surface area (Å²) in [6.07, 6.45) is 1.10. The minimum Gasteiger partial charge on any atom is -0.313 e. The van der Waals surface area contributed by atoms with Crippen LogP contribution in [-0.2, 0) is 10.8 Å². The molecule has 1 N–H and O–H groups in total. The topological polar surface area (TPSA) is 29.1 Å². The lowest BCUT2D eigenvalue weighted by Crippen LogP contribution is -2.44. The molecular weight excluding hydrogens is 242 g/mol. The molecule has 0 aliphatic rings. The average molecular weight is 267 g/mol. The van der Waals surface area contributed by atoms with Gasteiger partial charge in [0, 0.05) is 16.7 Å². The summed E-state index contributed by atoms with van der Waals surface area (Å²) >= 11 is 0. The molecule has 1 aromatic rings. The van der Waals surface area contributed by atoms with Crippen LogP contribution in [0.25, 0.3) is 0 Å². The molecule has 0 amide bonds. The van der Waals surface area contributed by atoms with E-state index in [9.17, 15) is 4.21 Å². The maximum Gasteiger partial charge on any atom is 0.0545 e. The van der Waals surface area contributed by atoms with Crippen molar-refractivity contribution in [1.82, 2.24) is 5.32 Å². The fourth-order valence-electron chi connectivity index (χ4n) is 1.75. The van der Waals surface area contributed by atoms with E-state index >= 15 is 0 Å². The maximum atomic E-state index is 12.3. The van der Waals surface area contributed by atoms with Gasteiger partial charge in [-0.25, -0.2) is 0 Å². The first-order valence-corrected chi connectivity index (χ1v) is 7.94. The summed E-state index contributed by atoms with van der Waals surface area (Å²) in [5.74, 6) is 0.674. The molecular formula is C15H25NOS. The number of rotatable bonds is 6. The Bertz CT molecular complexity index is 370. The van der Waals surface area contributed by atoms with Gasteiger partial charge in [0.25, 0.3) is 0 Å². The summed E-state index contributed by atoms with van der Waals surface area (Å²) in [7, 11) is -0.926. The predicted molar refractivity (Wildman–Crippen MR) is 79.3 cm³/mol. The van der Waals surface area contributed by atoms with E-state index < -0.39 is 10.8 Å². The molecule has 102 valence electrons. The Morgan fingerprint density at radius 1 is 1.22 bits per heavy atom. The minimum atomic E-state index is -0.926.